The van der Waals surface area contributed by atoms with Crippen LogP contribution >= 0.6 is 37.3 Å². The minimum atomic E-state index is -4.32. The third kappa shape index (κ3) is 24.8. The molecule has 9 heteroatoms. The summed E-state index contributed by atoms with van der Waals surface area (Å²) in [5, 5.41) is 7.76. The molecule has 72 valence electrons. The molecule has 11 heavy (non-hydrogen) atoms. The number of rotatable bonds is 2. The third-order valence-corrected chi connectivity index (χ3v) is 1.02. The Balaban J connectivity index is -0.0000000817. The van der Waals surface area contributed by atoms with E-state index in [9.17, 15) is 9.36 Å². The number of carbonyl (C=O) groups is 1. The molecule has 3 atom stereocenters. The molecule has 5 nitrogen and oxygen atoms in total. The molecule has 0 radical (unpaired) electrons. The van der Waals surface area contributed by atoms with E-state index in [0.29, 0.717) is 0 Å². The Morgan fingerprint density at radius 1 is 1.18 bits per heavy atom. The maximum atomic E-state index is 9.76. The van der Waals surface area contributed by atoms with Gasteiger partial charge in [0.1, 0.15) is 6.16 Å². The molecule has 0 rings (SSSR count). The highest BCUT2D eigenvalue weighted by atomic mass is 31.2. The predicted octanol–water partition coefficient (Wildman–Crippen LogP) is -0.577. The molecule has 0 aromatic rings. The van der Waals surface area contributed by atoms with Crippen molar-refractivity contribution >= 4 is 43.3 Å². The number of aliphatic carboxylic acids is 1. The highest BCUT2D eigenvalue weighted by Gasteiger charge is 2.17. The molecule has 0 fully saturated rings. The van der Waals surface area contributed by atoms with Gasteiger partial charge in [0.2, 0.25) is 0 Å². The lowest BCUT2D eigenvalue weighted by Crippen LogP contribution is -2.01. The molecule has 0 amide bonds. The molecule has 0 bridgehead atoms. The van der Waals surface area contributed by atoms with Gasteiger partial charge in [0.25, 0.3) is 0 Å². The van der Waals surface area contributed by atoms with Crippen molar-refractivity contribution in [2.24, 2.45) is 0 Å². The Hall–Kier alpha value is 0.910. The fourth-order valence-corrected chi connectivity index (χ4v) is 0.529. The molecule has 0 aliphatic heterocycles. The van der Waals surface area contributed by atoms with Gasteiger partial charge in [0, 0.05) is 0 Å². The largest absolute Gasteiger partial charge is 0.481 e. The zero-order valence-electron chi connectivity index (χ0n) is 5.93. The van der Waals surface area contributed by atoms with E-state index in [4.69, 9.17) is 14.9 Å². The highest BCUT2D eigenvalue weighted by Crippen LogP contribution is 2.33. The van der Waals surface area contributed by atoms with E-state index < -0.39 is 19.7 Å². The lowest BCUT2D eigenvalue weighted by Gasteiger charge is -1.95. The van der Waals surface area contributed by atoms with Crippen LogP contribution in [0.5, 0.6) is 0 Å². The SMILES string of the molecule is O=C(O)CP(=O)(O)O.P.P.P. The van der Waals surface area contributed by atoms with Gasteiger partial charge < -0.3 is 14.9 Å². The average Bonchev–Trinajstić information content (AvgIpc) is 1.21. The first-order chi connectivity index (χ1) is 3.42. The van der Waals surface area contributed by atoms with Crippen LogP contribution in [0.25, 0.3) is 0 Å². The third-order valence-electron chi connectivity index (χ3n) is 0.341. The van der Waals surface area contributed by atoms with Crippen molar-refractivity contribution in [2.45, 2.75) is 0 Å². The van der Waals surface area contributed by atoms with Gasteiger partial charge in [-0.25, -0.2) is 0 Å². The Morgan fingerprint density at radius 3 is 1.45 bits per heavy atom. The normalized spacial score (nSPS) is 8.18. The van der Waals surface area contributed by atoms with E-state index in [1.807, 2.05) is 0 Å². The summed E-state index contributed by atoms with van der Waals surface area (Å²) in [6.45, 7) is 0. The fraction of sp³-hybridized carbons (Fsp3) is 0.500. The molecule has 0 saturated carbocycles. The van der Waals surface area contributed by atoms with Crippen LogP contribution in [-0.2, 0) is 9.36 Å². The fourth-order valence-electron chi connectivity index (χ4n) is 0.176. The topological polar surface area (TPSA) is 94.8 Å². The van der Waals surface area contributed by atoms with E-state index in [0.717, 1.165) is 0 Å². The first-order valence-corrected chi connectivity index (χ1v) is 3.48. The van der Waals surface area contributed by atoms with Gasteiger partial charge in [-0.2, -0.15) is 29.7 Å². The Morgan fingerprint density at radius 2 is 1.45 bits per heavy atom. The van der Waals surface area contributed by atoms with E-state index in [1.165, 1.54) is 0 Å². The summed E-state index contributed by atoms with van der Waals surface area (Å²) in [7, 11) is -4.32. The summed E-state index contributed by atoms with van der Waals surface area (Å²) in [6, 6.07) is 0. The average molecular weight is 242 g/mol. The maximum Gasteiger partial charge on any atom is 0.336 e. The second kappa shape index (κ2) is 9.00. The van der Waals surface area contributed by atoms with Crippen LogP contribution < -0.4 is 0 Å². The monoisotopic (exact) mass is 242 g/mol. The van der Waals surface area contributed by atoms with Crippen molar-refractivity contribution in [3.05, 3.63) is 0 Å². The van der Waals surface area contributed by atoms with E-state index in [1.54, 1.807) is 0 Å². The van der Waals surface area contributed by atoms with Crippen molar-refractivity contribution in [3.8, 4) is 0 Å². The number of hydrogen-bond acceptors (Lipinski definition) is 2. The standard InChI is InChI=1S/C2H5O5P.3H3P/c3-2(4)1-8(5,6)7;;;/h1H2,(H,3,4)(H2,5,6,7);3*1H3. The lowest BCUT2D eigenvalue weighted by molar-refractivity contribution is -0.134. The van der Waals surface area contributed by atoms with Crippen LogP contribution in [0.4, 0.5) is 0 Å². The maximum absolute atomic E-state index is 9.76. The second-order valence-corrected chi connectivity index (χ2v) is 2.86. The van der Waals surface area contributed by atoms with E-state index in [-0.39, 0.29) is 29.7 Å². The van der Waals surface area contributed by atoms with Gasteiger partial charge in [-0.05, 0) is 0 Å². The smallest absolute Gasteiger partial charge is 0.336 e. The van der Waals surface area contributed by atoms with E-state index >= 15 is 0 Å². The van der Waals surface area contributed by atoms with Crippen molar-refractivity contribution in [1.29, 1.82) is 0 Å². The minimum absolute atomic E-state index is 0. The molecular formula is C2H14O5P4. The Labute approximate surface area is 74.4 Å². The summed E-state index contributed by atoms with van der Waals surface area (Å²) in [5.74, 6) is -1.49. The predicted molar refractivity (Wildman–Crippen MR) is 57.9 cm³/mol. The van der Waals surface area contributed by atoms with Gasteiger partial charge in [-0.1, -0.05) is 0 Å². The van der Waals surface area contributed by atoms with Gasteiger partial charge >= 0.3 is 13.6 Å². The van der Waals surface area contributed by atoms with Crippen LogP contribution in [0.3, 0.4) is 0 Å². The van der Waals surface area contributed by atoms with Crippen molar-refractivity contribution in [1.82, 2.24) is 0 Å². The summed E-state index contributed by atoms with van der Waals surface area (Å²) in [5.41, 5.74) is 0. The van der Waals surface area contributed by atoms with Crippen LogP contribution in [-0.4, -0.2) is 27.0 Å². The van der Waals surface area contributed by atoms with Crippen LogP contribution in [0.15, 0.2) is 0 Å². The number of carboxylic acid groups (broad SMARTS) is 1. The van der Waals surface area contributed by atoms with Gasteiger partial charge in [0.15, 0.2) is 0 Å². The van der Waals surface area contributed by atoms with Gasteiger partial charge in [-0.3, -0.25) is 9.36 Å². The summed E-state index contributed by atoms with van der Waals surface area (Å²) in [4.78, 5) is 25.4. The molecule has 0 aromatic heterocycles. The first-order valence-electron chi connectivity index (χ1n) is 1.68. The summed E-state index contributed by atoms with van der Waals surface area (Å²) < 4.78 is 9.76. The second-order valence-electron chi connectivity index (χ2n) is 1.22. The van der Waals surface area contributed by atoms with Crippen molar-refractivity contribution in [2.75, 3.05) is 6.16 Å². The van der Waals surface area contributed by atoms with Gasteiger partial charge in [-0.15, -0.1) is 0 Å². The molecule has 0 saturated heterocycles. The molecule has 3 N–H and O–H groups in total. The Bertz CT molecular complexity index is 139. The van der Waals surface area contributed by atoms with E-state index in [2.05, 4.69) is 0 Å². The van der Waals surface area contributed by atoms with Crippen LogP contribution in [0, 0.1) is 0 Å². The quantitative estimate of drug-likeness (QED) is 0.563. The van der Waals surface area contributed by atoms with Crippen molar-refractivity contribution < 1.29 is 24.3 Å². The molecule has 0 aliphatic carbocycles. The lowest BCUT2D eigenvalue weighted by atomic mass is 10.8. The molecule has 0 heterocycles. The van der Waals surface area contributed by atoms with Crippen molar-refractivity contribution in [3.63, 3.8) is 0 Å². The zero-order valence-corrected chi connectivity index (χ0v) is 11.1. The van der Waals surface area contributed by atoms with Gasteiger partial charge in [0.05, 0.1) is 0 Å². The highest BCUT2D eigenvalue weighted by molar-refractivity contribution is 7.52. The summed E-state index contributed by atoms with van der Waals surface area (Å²) >= 11 is 0. The molecule has 3 unspecified atom stereocenters. The number of hydrogen-bond donors (Lipinski definition) is 3. The van der Waals surface area contributed by atoms with Crippen LogP contribution in [0.2, 0.25) is 0 Å². The molecule has 0 spiro atoms. The molecule has 0 aromatic carbocycles. The zero-order chi connectivity index (χ0) is 6.78. The summed E-state index contributed by atoms with van der Waals surface area (Å²) in [6.07, 6.45) is -1.09. The van der Waals surface area contributed by atoms with Crippen LogP contribution in [0.1, 0.15) is 0 Å². The molecular weight excluding hydrogens is 228 g/mol. The molecule has 0 aliphatic rings. The first kappa shape index (κ1) is 22.7. The number of carboxylic acids is 1. The minimum Gasteiger partial charge on any atom is -0.481 e. The Kier molecular flexibility index (Phi) is 18.5.